The highest BCUT2D eigenvalue weighted by Crippen LogP contribution is 2.27. The molecule has 1 heterocycles. The Kier molecular flexibility index (Phi) is 4.44. The van der Waals surface area contributed by atoms with Crippen LogP contribution in [0.4, 0.5) is 5.69 Å². The number of nitrogens with two attached hydrogens (primary N) is 1. The van der Waals surface area contributed by atoms with Crippen LogP contribution in [0.3, 0.4) is 0 Å². The van der Waals surface area contributed by atoms with E-state index in [9.17, 15) is 4.79 Å². The molecule has 108 valence electrons. The van der Waals surface area contributed by atoms with Gasteiger partial charge in [0.05, 0.1) is 19.3 Å². The molecule has 0 atom stereocenters. The van der Waals surface area contributed by atoms with Crippen LogP contribution < -0.4 is 15.4 Å². The highest BCUT2D eigenvalue weighted by molar-refractivity contribution is 7.80. The van der Waals surface area contributed by atoms with Crippen molar-refractivity contribution in [2.24, 2.45) is 5.73 Å². The van der Waals surface area contributed by atoms with Gasteiger partial charge in [0.15, 0.2) is 0 Å². The summed E-state index contributed by atoms with van der Waals surface area (Å²) in [6.45, 7) is 1.89. The summed E-state index contributed by atoms with van der Waals surface area (Å²) in [4.78, 5) is 16.1. The first kappa shape index (κ1) is 14.6. The van der Waals surface area contributed by atoms with Crippen molar-refractivity contribution in [1.29, 1.82) is 0 Å². The second kappa shape index (κ2) is 6.09. The van der Waals surface area contributed by atoms with E-state index in [2.05, 4.69) is 0 Å². The largest absolute Gasteiger partial charge is 0.497 e. The number of benzene rings is 1. The van der Waals surface area contributed by atoms with Gasteiger partial charge in [-0.2, -0.15) is 0 Å². The highest BCUT2D eigenvalue weighted by Gasteiger charge is 2.22. The van der Waals surface area contributed by atoms with E-state index < -0.39 is 0 Å². The van der Waals surface area contributed by atoms with E-state index in [0.717, 1.165) is 36.5 Å². The molecule has 5 nitrogen and oxygen atoms in total. The van der Waals surface area contributed by atoms with Gasteiger partial charge >= 0.3 is 0 Å². The summed E-state index contributed by atoms with van der Waals surface area (Å²) in [5.41, 5.74) is 7.42. The molecule has 0 aliphatic carbocycles. The van der Waals surface area contributed by atoms with Crippen LogP contribution >= 0.6 is 12.2 Å². The third-order valence-corrected chi connectivity index (χ3v) is 3.70. The molecular formula is C14H19N3O2S. The summed E-state index contributed by atoms with van der Waals surface area (Å²) in [5, 5.41) is 0. The number of anilines is 1. The van der Waals surface area contributed by atoms with Crippen LogP contribution in [0.5, 0.6) is 5.75 Å². The molecule has 0 radical (unpaired) electrons. The summed E-state index contributed by atoms with van der Waals surface area (Å²) in [7, 11) is 3.44. The molecule has 1 fully saturated rings. The van der Waals surface area contributed by atoms with Crippen molar-refractivity contribution in [3.05, 3.63) is 23.8 Å². The van der Waals surface area contributed by atoms with Gasteiger partial charge in [0.25, 0.3) is 0 Å². The van der Waals surface area contributed by atoms with Crippen molar-refractivity contribution in [2.45, 2.75) is 6.42 Å². The average molecular weight is 293 g/mol. The third kappa shape index (κ3) is 3.01. The first-order valence-corrected chi connectivity index (χ1v) is 6.90. The Morgan fingerprint density at radius 3 is 2.80 bits per heavy atom. The lowest BCUT2D eigenvalue weighted by molar-refractivity contribution is -0.127. The zero-order chi connectivity index (χ0) is 14.7. The monoisotopic (exact) mass is 293 g/mol. The Bertz CT molecular complexity index is 533. The number of likely N-dealkylation sites (N-methyl/N-ethyl adjacent to an activating group) is 1. The van der Waals surface area contributed by atoms with Crippen molar-refractivity contribution in [2.75, 3.05) is 38.7 Å². The predicted molar refractivity (Wildman–Crippen MR) is 83.3 cm³/mol. The minimum absolute atomic E-state index is 0.0965. The first-order valence-electron chi connectivity index (χ1n) is 6.49. The molecule has 1 aromatic carbocycles. The minimum atomic E-state index is 0.0965. The van der Waals surface area contributed by atoms with E-state index in [1.54, 1.807) is 12.0 Å². The third-order valence-electron chi connectivity index (χ3n) is 3.48. The lowest BCUT2D eigenvalue weighted by Crippen LogP contribution is -2.35. The molecule has 2 rings (SSSR count). The van der Waals surface area contributed by atoms with E-state index in [1.165, 1.54) is 0 Å². The summed E-state index contributed by atoms with van der Waals surface area (Å²) < 4.78 is 5.25. The van der Waals surface area contributed by atoms with Crippen LogP contribution in [0.15, 0.2) is 18.2 Å². The van der Waals surface area contributed by atoms with Crippen LogP contribution in [0, 0.1) is 0 Å². The van der Waals surface area contributed by atoms with Crippen LogP contribution in [-0.4, -0.2) is 49.6 Å². The van der Waals surface area contributed by atoms with Gasteiger partial charge in [-0.3, -0.25) is 4.79 Å². The van der Waals surface area contributed by atoms with Crippen LogP contribution in [-0.2, 0) is 4.79 Å². The van der Waals surface area contributed by atoms with Crippen molar-refractivity contribution in [1.82, 2.24) is 4.90 Å². The smallest absolute Gasteiger partial charge is 0.241 e. The molecule has 1 aliphatic heterocycles. The number of carbonyl (C=O) groups is 1. The van der Waals surface area contributed by atoms with E-state index in [4.69, 9.17) is 22.7 Å². The predicted octanol–water partition coefficient (Wildman–Crippen LogP) is 0.998. The molecule has 0 spiro atoms. The SMILES string of the molecule is COc1ccc(C(N)=S)c(N2CCCN(C)C(=O)C2)c1. The summed E-state index contributed by atoms with van der Waals surface area (Å²) in [5.74, 6) is 0.823. The summed E-state index contributed by atoms with van der Waals surface area (Å²) >= 11 is 5.10. The van der Waals surface area contributed by atoms with Gasteiger partial charge in [-0.25, -0.2) is 0 Å². The number of ether oxygens (including phenoxy) is 1. The van der Waals surface area contributed by atoms with Crippen molar-refractivity contribution < 1.29 is 9.53 Å². The molecule has 0 unspecified atom stereocenters. The maximum Gasteiger partial charge on any atom is 0.241 e. The van der Waals surface area contributed by atoms with Gasteiger partial charge in [0.2, 0.25) is 5.91 Å². The fourth-order valence-electron chi connectivity index (χ4n) is 2.30. The molecule has 1 aromatic rings. The molecule has 0 saturated carbocycles. The molecular weight excluding hydrogens is 274 g/mol. The maximum absolute atomic E-state index is 12.0. The highest BCUT2D eigenvalue weighted by atomic mass is 32.1. The molecule has 0 bridgehead atoms. The molecule has 1 saturated heterocycles. The lowest BCUT2D eigenvalue weighted by atomic mass is 10.1. The summed E-state index contributed by atoms with van der Waals surface area (Å²) in [6, 6.07) is 5.55. The topological polar surface area (TPSA) is 58.8 Å². The Balaban J connectivity index is 2.38. The maximum atomic E-state index is 12.0. The molecule has 2 N–H and O–H groups in total. The fraction of sp³-hybridized carbons (Fsp3) is 0.429. The van der Waals surface area contributed by atoms with Crippen molar-refractivity contribution >= 4 is 28.8 Å². The van der Waals surface area contributed by atoms with E-state index >= 15 is 0 Å². The van der Waals surface area contributed by atoms with Crippen LogP contribution in [0.25, 0.3) is 0 Å². The number of rotatable bonds is 3. The Labute approximate surface area is 124 Å². The van der Waals surface area contributed by atoms with Gasteiger partial charge in [-0.05, 0) is 18.6 Å². The van der Waals surface area contributed by atoms with Crippen LogP contribution in [0.2, 0.25) is 0 Å². The lowest BCUT2D eigenvalue weighted by Gasteiger charge is -2.25. The van der Waals surface area contributed by atoms with Gasteiger partial charge in [0, 0.05) is 31.8 Å². The second-order valence-electron chi connectivity index (χ2n) is 4.84. The molecule has 6 heteroatoms. The van der Waals surface area contributed by atoms with E-state index in [1.807, 2.05) is 30.1 Å². The number of nitrogens with zero attached hydrogens (tertiary/aromatic N) is 2. The Hall–Kier alpha value is -1.82. The fourth-order valence-corrected chi connectivity index (χ4v) is 2.47. The van der Waals surface area contributed by atoms with Crippen LogP contribution in [0.1, 0.15) is 12.0 Å². The van der Waals surface area contributed by atoms with Gasteiger partial charge in [0.1, 0.15) is 10.7 Å². The molecule has 1 aliphatic rings. The zero-order valence-corrected chi connectivity index (χ0v) is 12.6. The number of amides is 1. The quantitative estimate of drug-likeness (QED) is 0.843. The number of hydrogen-bond donors (Lipinski definition) is 1. The Morgan fingerprint density at radius 2 is 2.15 bits per heavy atom. The molecule has 1 amide bonds. The van der Waals surface area contributed by atoms with Gasteiger partial charge < -0.3 is 20.3 Å². The number of carbonyl (C=O) groups excluding carboxylic acids is 1. The minimum Gasteiger partial charge on any atom is -0.497 e. The zero-order valence-electron chi connectivity index (χ0n) is 11.8. The van der Waals surface area contributed by atoms with E-state index in [0.29, 0.717) is 11.5 Å². The summed E-state index contributed by atoms with van der Waals surface area (Å²) in [6.07, 6.45) is 0.913. The molecule has 20 heavy (non-hydrogen) atoms. The van der Waals surface area contributed by atoms with Crippen molar-refractivity contribution in [3.8, 4) is 5.75 Å². The standard InChI is InChI=1S/C14H19N3O2S/c1-16-6-3-7-17(9-13(16)18)12-8-10(19-2)4-5-11(12)14(15)20/h4-5,8H,3,6-7,9H2,1-2H3,(H2,15,20). The van der Waals surface area contributed by atoms with Crippen molar-refractivity contribution in [3.63, 3.8) is 0 Å². The Morgan fingerprint density at radius 1 is 1.40 bits per heavy atom. The average Bonchev–Trinajstić information content (AvgIpc) is 2.60. The van der Waals surface area contributed by atoms with Gasteiger partial charge in [-0.15, -0.1) is 0 Å². The normalized spacial score (nSPS) is 16.0. The number of hydrogen-bond acceptors (Lipinski definition) is 4. The van der Waals surface area contributed by atoms with E-state index in [-0.39, 0.29) is 5.91 Å². The number of thiocarbonyl (C=S) groups is 1. The second-order valence-corrected chi connectivity index (χ2v) is 5.28. The number of methoxy groups -OCH3 is 1. The van der Waals surface area contributed by atoms with Gasteiger partial charge in [-0.1, -0.05) is 12.2 Å². The first-order chi connectivity index (χ1) is 9.52. The molecule has 0 aromatic heterocycles.